The fourth-order valence-corrected chi connectivity index (χ4v) is 3.84. The molecule has 2 N–H and O–H groups in total. The predicted octanol–water partition coefficient (Wildman–Crippen LogP) is 2.40. The average Bonchev–Trinajstić information content (AvgIpc) is 2.88. The minimum Gasteiger partial charge on any atom is -0.370 e. The first-order valence-corrected chi connectivity index (χ1v) is 9.09. The van der Waals surface area contributed by atoms with Crippen LogP contribution in [0.15, 0.2) is 24.3 Å². The molecule has 0 bridgehead atoms. The zero-order valence-electron chi connectivity index (χ0n) is 14.2. The van der Waals surface area contributed by atoms with Crippen LogP contribution in [0.1, 0.15) is 48.9 Å². The molecule has 2 aliphatic rings. The molecule has 0 aromatic heterocycles. The van der Waals surface area contributed by atoms with Crippen molar-refractivity contribution < 1.29 is 9.59 Å². The molecule has 3 rings (SSSR count). The van der Waals surface area contributed by atoms with Gasteiger partial charge in [-0.1, -0.05) is 19.3 Å². The van der Waals surface area contributed by atoms with E-state index in [2.05, 4.69) is 9.80 Å². The lowest BCUT2D eigenvalue weighted by molar-refractivity contribution is -0.136. The molecule has 2 amide bonds. The van der Waals surface area contributed by atoms with Crippen LogP contribution in [0.4, 0.5) is 5.69 Å². The van der Waals surface area contributed by atoms with E-state index in [1.165, 1.54) is 19.3 Å². The van der Waals surface area contributed by atoms with Crippen molar-refractivity contribution in [2.75, 3.05) is 31.1 Å². The van der Waals surface area contributed by atoms with Gasteiger partial charge >= 0.3 is 0 Å². The zero-order chi connectivity index (χ0) is 16.9. The summed E-state index contributed by atoms with van der Waals surface area (Å²) in [5.41, 5.74) is 6.91. The Bertz CT molecular complexity index is 579. The largest absolute Gasteiger partial charge is 0.370 e. The molecular weight excluding hydrogens is 302 g/mol. The van der Waals surface area contributed by atoms with Crippen LogP contribution in [0.3, 0.4) is 0 Å². The van der Waals surface area contributed by atoms with E-state index in [-0.39, 0.29) is 5.92 Å². The molecule has 1 heterocycles. The molecule has 1 saturated carbocycles. The van der Waals surface area contributed by atoms with E-state index in [1.807, 2.05) is 12.1 Å². The maximum absolute atomic E-state index is 12.7. The molecule has 1 aliphatic heterocycles. The van der Waals surface area contributed by atoms with E-state index in [0.717, 1.165) is 51.1 Å². The predicted molar refractivity (Wildman–Crippen MR) is 94.9 cm³/mol. The first kappa shape index (κ1) is 16.8. The van der Waals surface area contributed by atoms with Gasteiger partial charge in [-0.25, -0.2) is 0 Å². The van der Waals surface area contributed by atoms with Gasteiger partial charge in [0.15, 0.2) is 0 Å². The number of carbonyl (C=O) groups is 2. The minimum atomic E-state index is -0.401. The maximum atomic E-state index is 12.7. The number of nitrogens with two attached hydrogens (primary N) is 1. The number of hydrogen-bond acceptors (Lipinski definition) is 3. The Kier molecular flexibility index (Phi) is 5.38. The Morgan fingerprint density at radius 2 is 1.58 bits per heavy atom. The minimum absolute atomic E-state index is 0.250. The van der Waals surface area contributed by atoms with Gasteiger partial charge in [0.1, 0.15) is 0 Å². The number of carbonyl (C=O) groups excluding carboxylic acids is 2. The van der Waals surface area contributed by atoms with Crippen molar-refractivity contribution in [3.05, 3.63) is 29.8 Å². The van der Waals surface area contributed by atoms with Gasteiger partial charge in [-0.15, -0.1) is 0 Å². The summed E-state index contributed by atoms with van der Waals surface area (Å²) in [4.78, 5) is 28.3. The van der Waals surface area contributed by atoms with Gasteiger partial charge in [-0.3, -0.25) is 9.59 Å². The van der Waals surface area contributed by atoms with Crippen molar-refractivity contribution in [1.82, 2.24) is 4.90 Å². The van der Waals surface area contributed by atoms with Gasteiger partial charge in [0.25, 0.3) is 0 Å². The van der Waals surface area contributed by atoms with Crippen molar-refractivity contribution in [1.29, 1.82) is 0 Å². The topological polar surface area (TPSA) is 66.6 Å². The molecule has 1 saturated heterocycles. The number of amides is 2. The van der Waals surface area contributed by atoms with Crippen molar-refractivity contribution in [3.63, 3.8) is 0 Å². The molecule has 2 fully saturated rings. The summed E-state index contributed by atoms with van der Waals surface area (Å²) in [5.74, 6) is 0.211. The molecule has 1 aliphatic carbocycles. The Morgan fingerprint density at radius 1 is 0.875 bits per heavy atom. The summed E-state index contributed by atoms with van der Waals surface area (Å²) in [6.45, 7) is 3.41. The van der Waals surface area contributed by atoms with Gasteiger partial charge in [0, 0.05) is 43.3 Å². The SMILES string of the molecule is NC(=O)c1ccc(N2CCCN(C(=O)C3CCCCC3)CC2)cc1. The fraction of sp³-hybridized carbons (Fsp3) is 0.579. The van der Waals surface area contributed by atoms with E-state index in [4.69, 9.17) is 5.73 Å². The third-order valence-corrected chi connectivity index (χ3v) is 5.28. The monoisotopic (exact) mass is 329 g/mol. The first-order valence-electron chi connectivity index (χ1n) is 9.09. The zero-order valence-corrected chi connectivity index (χ0v) is 14.2. The highest BCUT2D eigenvalue weighted by molar-refractivity contribution is 5.93. The molecule has 0 spiro atoms. The van der Waals surface area contributed by atoms with E-state index >= 15 is 0 Å². The van der Waals surface area contributed by atoms with Crippen LogP contribution in [0.25, 0.3) is 0 Å². The van der Waals surface area contributed by atoms with Crippen LogP contribution in [0, 0.1) is 5.92 Å². The molecule has 5 heteroatoms. The molecule has 1 aromatic carbocycles. The number of benzene rings is 1. The Labute approximate surface area is 143 Å². The lowest BCUT2D eigenvalue weighted by Gasteiger charge is -2.28. The third kappa shape index (κ3) is 3.89. The molecule has 0 unspecified atom stereocenters. The molecule has 5 nitrogen and oxygen atoms in total. The van der Waals surface area contributed by atoms with Crippen LogP contribution in [0.2, 0.25) is 0 Å². The van der Waals surface area contributed by atoms with E-state index < -0.39 is 5.91 Å². The second-order valence-corrected chi connectivity index (χ2v) is 6.91. The number of anilines is 1. The molecular formula is C19H27N3O2. The van der Waals surface area contributed by atoms with E-state index in [9.17, 15) is 9.59 Å². The van der Waals surface area contributed by atoms with Crippen LogP contribution < -0.4 is 10.6 Å². The van der Waals surface area contributed by atoms with Gasteiger partial charge in [0.05, 0.1) is 0 Å². The van der Waals surface area contributed by atoms with Crippen molar-refractivity contribution in [2.24, 2.45) is 11.7 Å². The third-order valence-electron chi connectivity index (χ3n) is 5.28. The smallest absolute Gasteiger partial charge is 0.248 e. The first-order chi connectivity index (χ1) is 11.6. The van der Waals surface area contributed by atoms with Gasteiger partial charge in [-0.2, -0.15) is 0 Å². The number of rotatable bonds is 3. The highest BCUT2D eigenvalue weighted by Gasteiger charge is 2.27. The normalized spacial score (nSPS) is 19.8. The Balaban J connectivity index is 1.60. The molecule has 24 heavy (non-hydrogen) atoms. The summed E-state index contributed by atoms with van der Waals surface area (Å²) < 4.78 is 0. The van der Waals surface area contributed by atoms with Gasteiger partial charge in [-0.05, 0) is 43.5 Å². The maximum Gasteiger partial charge on any atom is 0.248 e. The van der Waals surface area contributed by atoms with E-state index in [1.54, 1.807) is 12.1 Å². The van der Waals surface area contributed by atoms with E-state index in [0.29, 0.717) is 11.5 Å². The lowest BCUT2D eigenvalue weighted by Crippen LogP contribution is -2.39. The second-order valence-electron chi connectivity index (χ2n) is 6.91. The standard InChI is InChI=1S/C19H27N3O2/c20-18(23)15-7-9-17(10-8-15)21-11-4-12-22(14-13-21)19(24)16-5-2-1-3-6-16/h7-10,16H,1-6,11-14H2,(H2,20,23). The van der Waals surface area contributed by atoms with Crippen LogP contribution >= 0.6 is 0 Å². The molecule has 0 radical (unpaired) electrons. The highest BCUT2D eigenvalue weighted by Crippen LogP contribution is 2.26. The van der Waals surface area contributed by atoms with Crippen LogP contribution in [-0.4, -0.2) is 42.9 Å². The number of nitrogens with zero attached hydrogens (tertiary/aromatic N) is 2. The van der Waals surface area contributed by atoms with Crippen molar-refractivity contribution >= 4 is 17.5 Å². The lowest BCUT2D eigenvalue weighted by atomic mass is 9.88. The summed E-state index contributed by atoms with van der Waals surface area (Å²) >= 11 is 0. The van der Waals surface area contributed by atoms with Crippen molar-refractivity contribution in [2.45, 2.75) is 38.5 Å². The Morgan fingerprint density at radius 3 is 2.25 bits per heavy atom. The second kappa shape index (κ2) is 7.69. The highest BCUT2D eigenvalue weighted by atomic mass is 16.2. The summed E-state index contributed by atoms with van der Waals surface area (Å²) in [6.07, 6.45) is 6.78. The molecule has 1 aromatic rings. The van der Waals surface area contributed by atoms with Gasteiger partial charge < -0.3 is 15.5 Å². The van der Waals surface area contributed by atoms with Gasteiger partial charge in [0.2, 0.25) is 11.8 Å². The van der Waals surface area contributed by atoms with Crippen LogP contribution in [-0.2, 0) is 4.79 Å². The fourth-order valence-electron chi connectivity index (χ4n) is 3.84. The molecule has 0 atom stereocenters. The number of hydrogen-bond donors (Lipinski definition) is 1. The summed E-state index contributed by atoms with van der Waals surface area (Å²) in [5, 5.41) is 0. The Hall–Kier alpha value is -2.04. The number of primary amides is 1. The average molecular weight is 329 g/mol. The molecule has 130 valence electrons. The van der Waals surface area contributed by atoms with Crippen LogP contribution in [0.5, 0.6) is 0 Å². The quantitative estimate of drug-likeness (QED) is 0.926. The van der Waals surface area contributed by atoms with Crippen molar-refractivity contribution in [3.8, 4) is 0 Å². The summed E-state index contributed by atoms with van der Waals surface area (Å²) in [7, 11) is 0. The summed E-state index contributed by atoms with van der Waals surface area (Å²) in [6, 6.07) is 7.43.